The third-order valence-corrected chi connectivity index (χ3v) is 6.70. The van der Waals surface area contributed by atoms with Crippen molar-refractivity contribution in [3.05, 3.63) is 65.1 Å². The number of halogens is 1. The lowest BCUT2D eigenvalue weighted by molar-refractivity contribution is -0.137. The van der Waals surface area contributed by atoms with E-state index in [2.05, 4.69) is 4.98 Å². The van der Waals surface area contributed by atoms with Crippen LogP contribution in [0, 0.1) is 19.7 Å². The van der Waals surface area contributed by atoms with Crippen LogP contribution in [0.1, 0.15) is 46.3 Å². The number of piperidine rings is 1. The molecule has 4 rings (SSSR count). The molecule has 2 aromatic heterocycles. The van der Waals surface area contributed by atoms with Gasteiger partial charge in [0, 0.05) is 30.8 Å². The number of ether oxygens (including phenoxy) is 1. The number of aromatic nitrogens is 2. The third kappa shape index (κ3) is 5.30. The predicted octanol–water partition coefficient (Wildman–Crippen LogP) is 4.78. The molecule has 3 aromatic rings. The number of likely N-dealkylation sites (tertiary alicyclic amines) is 1. The highest BCUT2D eigenvalue weighted by Gasteiger charge is 2.30. The zero-order valence-electron chi connectivity index (χ0n) is 19.3. The average molecular weight is 484 g/mol. The lowest BCUT2D eigenvalue weighted by atomic mass is 9.89. The molecule has 1 aliphatic heterocycles. The summed E-state index contributed by atoms with van der Waals surface area (Å²) in [4.78, 5) is 35.8. The van der Waals surface area contributed by atoms with E-state index in [-0.39, 0.29) is 29.4 Å². The van der Waals surface area contributed by atoms with E-state index < -0.39 is 0 Å². The van der Waals surface area contributed by atoms with Crippen LogP contribution in [0.2, 0.25) is 0 Å². The number of hydrogen-bond donors (Lipinski definition) is 0. The first-order chi connectivity index (χ1) is 16.4. The number of aryl methyl sites for hydroxylation is 2. The van der Waals surface area contributed by atoms with Crippen molar-refractivity contribution in [2.24, 2.45) is 0 Å². The molecule has 0 radical (unpaired) electrons. The predicted molar refractivity (Wildman–Crippen MR) is 126 cm³/mol. The van der Waals surface area contributed by atoms with Gasteiger partial charge in [0.05, 0.1) is 24.1 Å². The minimum atomic E-state index is -0.363. The van der Waals surface area contributed by atoms with Gasteiger partial charge in [0.1, 0.15) is 17.3 Å². The Balaban J connectivity index is 1.65. The fourth-order valence-electron chi connectivity index (χ4n) is 4.19. The number of nitrogens with zero attached hydrogens (tertiary/aromatic N) is 3. The Labute approximate surface area is 201 Å². The van der Waals surface area contributed by atoms with Crippen molar-refractivity contribution in [1.29, 1.82) is 0 Å². The molecular weight excluding hydrogens is 457 g/mol. The maximum Gasteiger partial charge on any atom is 0.316 e. The summed E-state index contributed by atoms with van der Waals surface area (Å²) < 4.78 is 23.8. The second-order valence-corrected chi connectivity index (χ2v) is 9.18. The van der Waals surface area contributed by atoms with Gasteiger partial charge in [-0.15, -0.1) is 0 Å². The molecule has 34 heavy (non-hydrogen) atoms. The van der Waals surface area contributed by atoms with E-state index >= 15 is 0 Å². The molecule has 1 aromatic carbocycles. The zero-order chi connectivity index (χ0) is 24.2. The van der Waals surface area contributed by atoms with Crippen LogP contribution < -0.4 is 0 Å². The molecule has 0 unspecified atom stereocenters. The molecule has 1 aliphatic rings. The molecule has 178 valence electrons. The SMILES string of the molecule is COC(=O)CSc1ncc(-c2ccc(F)cc2)c([C@@H]2CCCN(C(=O)c3cc(C)oc3C)C2)n1. The van der Waals surface area contributed by atoms with E-state index in [9.17, 15) is 14.0 Å². The largest absolute Gasteiger partial charge is 0.468 e. The van der Waals surface area contributed by atoms with Crippen LogP contribution in [0.3, 0.4) is 0 Å². The molecule has 1 amide bonds. The quantitative estimate of drug-likeness (QED) is 0.283. The van der Waals surface area contributed by atoms with Gasteiger partial charge in [0.25, 0.3) is 5.91 Å². The normalized spacial score (nSPS) is 15.9. The monoisotopic (exact) mass is 483 g/mol. The summed E-state index contributed by atoms with van der Waals surface area (Å²) in [7, 11) is 1.34. The average Bonchev–Trinajstić information content (AvgIpc) is 3.20. The molecule has 0 N–H and O–H groups in total. The second-order valence-electron chi connectivity index (χ2n) is 8.24. The highest BCUT2D eigenvalue weighted by Crippen LogP contribution is 2.35. The van der Waals surface area contributed by atoms with Crippen LogP contribution in [0.25, 0.3) is 11.1 Å². The first-order valence-electron chi connectivity index (χ1n) is 11.0. The van der Waals surface area contributed by atoms with Crippen molar-refractivity contribution in [2.45, 2.75) is 37.8 Å². The lowest BCUT2D eigenvalue weighted by Crippen LogP contribution is -2.39. The first-order valence-corrected chi connectivity index (χ1v) is 12.0. The summed E-state index contributed by atoms with van der Waals surface area (Å²) in [5.41, 5.74) is 2.95. The Hall–Kier alpha value is -3.20. The molecular formula is C25H26FN3O4S. The summed E-state index contributed by atoms with van der Waals surface area (Å²) >= 11 is 1.20. The fraction of sp³-hybridized carbons (Fsp3) is 0.360. The number of rotatable bonds is 6. The number of hydrogen-bond acceptors (Lipinski definition) is 7. The van der Waals surface area contributed by atoms with E-state index in [0.717, 1.165) is 29.7 Å². The van der Waals surface area contributed by atoms with Crippen LogP contribution in [0.15, 0.2) is 46.1 Å². The lowest BCUT2D eigenvalue weighted by Gasteiger charge is -2.33. The number of benzene rings is 1. The Morgan fingerprint density at radius 1 is 1.26 bits per heavy atom. The first kappa shape index (κ1) is 23.9. The third-order valence-electron chi connectivity index (χ3n) is 5.86. The molecule has 1 saturated heterocycles. The van der Waals surface area contributed by atoms with Crippen molar-refractivity contribution >= 4 is 23.6 Å². The van der Waals surface area contributed by atoms with Gasteiger partial charge in [-0.1, -0.05) is 23.9 Å². The van der Waals surface area contributed by atoms with E-state index in [0.29, 0.717) is 35.3 Å². The van der Waals surface area contributed by atoms with Crippen LogP contribution in [-0.2, 0) is 9.53 Å². The molecule has 0 bridgehead atoms. The highest BCUT2D eigenvalue weighted by atomic mass is 32.2. The van der Waals surface area contributed by atoms with E-state index in [1.165, 1.54) is 31.0 Å². The van der Waals surface area contributed by atoms with Gasteiger partial charge in [-0.05, 0) is 50.5 Å². The smallest absolute Gasteiger partial charge is 0.316 e. The zero-order valence-corrected chi connectivity index (χ0v) is 20.2. The van der Waals surface area contributed by atoms with Gasteiger partial charge in [-0.3, -0.25) is 9.59 Å². The van der Waals surface area contributed by atoms with Gasteiger partial charge in [-0.25, -0.2) is 14.4 Å². The van der Waals surface area contributed by atoms with E-state index in [4.69, 9.17) is 14.1 Å². The van der Waals surface area contributed by atoms with Gasteiger partial charge in [0.2, 0.25) is 0 Å². The van der Waals surface area contributed by atoms with Crippen molar-refractivity contribution in [1.82, 2.24) is 14.9 Å². The Morgan fingerprint density at radius 2 is 2.03 bits per heavy atom. The van der Waals surface area contributed by atoms with Gasteiger partial charge >= 0.3 is 5.97 Å². The summed E-state index contributed by atoms with van der Waals surface area (Å²) in [6.07, 6.45) is 3.38. The van der Waals surface area contributed by atoms with Crippen molar-refractivity contribution in [3.63, 3.8) is 0 Å². The van der Waals surface area contributed by atoms with Crippen molar-refractivity contribution in [2.75, 3.05) is 26.0 Å². The molecule has 1 fully saturated rings. The molecule has 0 saturated carbocycles. The Morgan fingerprint density at radius 3 is 2.71 bits per heavy atom. The second kappa shape index (κ2) is 10.4. The van der Waals surface area contributed by atoms with Crippen LogP contribution in [0.5, 0.6) is 0 Å². The number of furan rings is 1. The van der Waals surface area contributed by atoms with E-state index in [1.807, 2.05) is 11.8 Å². The van der Waals surface area contributed by atoms with E-state index in [1.54, 1.807) is 31.3 Å². The van der Waals surface area contributed by atoms with Crippen molar-refractivity contribution in [3.8, 4) is 11.1 Å². The minimum absolute atomic E-state index is 0.0356. The Bertz CT molecular complexity index is 1200. The molecule has 3 heterocycles. The number of thioether (sulfide) groups is 1. The molecule has 9 heteroatoms. The van der Waals surface area contributed by atoms with Crippen LogP contribution in [-0.4, -0.2) is 52.7 Å². The molecule has 7 nitrogen and oxygen atoms in total. The van der Waals surface area contributed by atoms with Gasteiger partial charge in [0.15, 0.2) is 5.16 Å². The topological polar surface area (TPSA) is 85.5 Å². The maximum absolute atomic E-state index is 13.5. The summed E-state index contributed by atoms with van der Waals surface area (Å²) in [6.45, 7) is 4.77. The number of amides is 1. The molecule has 0 spiro atoms. The van der Waals surface area contributed by atoms with Gasteiger partial charge < -0.3 is 14.1 Å². The van der Waals surface area contributed by atoms with Gasteiger partial charge in [-0.2, -0.15) is 0 Å². The maximum atomic E-state index is 13.5. The standard InChI is InChI=1S/C25H26FN3O4S/c1-15-11-20(16(2)33-15)24(31)29-10-4-5-18(13-29)23-21(17-6-8-19(26)9-7-17)12-27-25(28-23)34-14-22(30)32-3/h6-9,11-12,18H,4-5,10,13-14H2,1-3H3/t18-/m1/s1. The molecule has 1 atom stereocenters. The fourth-order valence-corrected chi connectivity index (χ4v) is 4.85. The number of carbonyl (C=O) groups is 2. The number of carbonyl (C=O) groups excluding carboxylic acids is 2. The van der Waals surface area contributed by atoms with Crippen LogP contribution in [0.4, 0.5) is 4.39 Å². The minimum Gasteiger partial charge on any atom is -0.468 e. The summed E-state index contributed by atoms with van der Waals surface area (Å²) in [5, 5.41) is 0.455. The summed E-state index contributed by atoms with van der Waals surface area (Å²) in [6, 6.07) is 7.97. The summed E-state index contributed by atoms with van der Waals surface area (Å²) in [5.74, 6) is 0.634. The number of methoxy groups -OCH3 is 1. The Kier molecular flexibility index (Phi) is 7.31. The van der Waals surface area contributed by atoms with Crippen LogP contribution >= 0.6 is 11.8 Å². The molecule has 0 aliphatic carbocycles. The van der Waals surface area contributed by atoms with Crippen molar-refractivity contribution < 1.29 is 23.1 Å². The number of esters is 1. The highest BCUT2D eigenvalue weighted by molar-refractivity contribution is 7.99.